The third-order valence-electron chi connectivity index (χ3n) is 3.22. The van der Waals surface area contributed by atoms with Crippen molar-refractivity contribution in [2.75, 3.05) is 18.0 Å². The lowest BCUT2D eigenvalue weighted by Gasteiger charge is -2.18. The molecular formula is C13H22N4O. The Morgan fingerprint density at radius 2 is 2.22 bits per heavy atom. The monoisotopic (exact) mass is 250 g/mol. The number of hydrogen-bond acceptors (Lipinski definition) is 5. The molecule has 2 N–H and O–H groups in total. The summed E-state index contributed by atoms with van der Waals surface area (Å²) in [4.78, 5) is 10.9. The minimum atomic E-state index is 0.128. The van der Waals surface area contributed by atoms with E-state index in [1.165, 1.54) is 0 Å². The van der Waals surface area contributed by atoms with Crippen LogP contribution in [0.15, 0.2) is 12.3 Å². The Hall–Kier alpha value is -1.36. The second-order valence-electron chi connectivity index (χ2n) is 5.22. The Kier molecular flexibility index (Phi) is 4.01. The smallest absolute Gasteiger partial charge is 0.228 e. The second-order valence-corrected chi connectivity index (χ2v) is 5.22. The molecule has 100 valence electrons. The van der Waals surface area contributed by atoms with Crippen LogP contribution in [-0.4, -0.2) is 35.2 Å². The Balaban J connectivity index is 2.05. The van der Waals surface area contributed by atoms with Crippen LogP contribution in [0.25, 0.3) is 0 Å². The van der Waals surface area contributed by atoms with Crippen molar-refractivity contribution >= 4 is 5.95 Å². The zero-order valence-electron chi connectivity index (χ0n) is 11.3. The molecule has 0 saturated carbocycles. The Labute approximate surface area is 108 Å². The summed E-state index contributed by atoms with van der Waals surface area (Å²) in [5.74, 6) is 1.92. The fraction of sp³-hybridized carbons (Fsp3) is 0.692. The quantitative estimate of drug-likeness (QED) is 0.876. The standard InChI is InChI=1S/C13H22N4O/c1-9(2)18-12-4-6-15-13(16-12)17-7-5-11(8-17)10(3)14/h4,6,9-11H,5,7-8,14H2,1-3H3. The van der Waals surface area contributed by atoms with Gasteiger partial charge in [-0.3, -0.25) is 0 Å². The van der Waals surface area contributed by atoms with Crippen molar-refractivity contribution in [1.82, 2.24) is 9.97 Å². The number of ether oxygens (including phenoxy) is 1. The molecule has 0 amide bonds. The highest BCUT2D eigenvalue weighted by Gasteiger charge is 2.26. The highest BCUT2D eigenvalue weighted by atomic mass is 16.5. The van der Waals surface area contributed by atoms with Crippen LogP contribution >= 0.6 is 0 Å². The third-order valence-corrected chi connectivity index (χ3v) is 3.22. The van der Waals surface area contributed by atoms with Gasteiger partial charge in [0.2, 0.25) is 11.8 Å². The predicted octanol–water partition coefficient (Wildman–Crippen LogP) is 1.44. The summed E-state index contributed by atoms with van der Waals surface area (Å²) in [5, 5.41) is 0. The SMILES string of the molecule is CC(C)Oc1ccnc(N2CCC(C(C)N)C2)n1. The average Bonchev–Trinajstić information content (AvgIpc) is 2.77. The first-order valence-electron chi connectivity index (χ1n) is 6.56. The van der Waals surface area contributed by atoms with E-state index in [0.717, 1.165) is 25.5 Å². The molecule has 0 spiro atoms. The van der Waals surface area contributed by atoms with Crippen LogP contribution in [0.3, 0.4) is 0 Å². The number of rotatable bonds is 4. The molecule has 0 radical (unpaired) electrons. The number of nitrogens with two attached hydrogens (primary N) is 1. The largest absolute Gasteiger partial charge is 0.475 e. The van der Waals surface area contributed by atoms with Crippen molar-refractivity contribution < 1.29 is 4.74 Å². The van der Waals surface area contributed by atoms with Crippen LogP contribution in [0, 0.1) is 5.92 Å². The molecule has 1 aliphatic rings. The van der Waals surface area contributed by atoms with Gasteiger partial charge >= 0.3 is 0 Å². The first-order chi connectivity index (χ1) is 8.56. The van der Waals surface area contributed by atoms with Crippen LogP contribution in [0.4, 0.5) is 5.95 Å². The molecule has 2 heterocycles. The van der Waals surface area contributed by atoms with Crippen LogP contribution < -0.4 is 15.4 Å². The van der Waals surface area contributed by atoms with Crippen molar-refractivity contribution in [3.63, 3.8) is 0 Å². The van der Waals surface area contributed by atoms with E-state index in [4.69, 9.17) is 10.5 Å². The van der Waals surface area contributed by atoms with E-state index in [1.54, 1.807) is 12.3 Å². The Bertz CT molecular complexity index is 394. The maximum atomic E-state index is 5.94. The number of hydrogen-bond donors (Lipinski definition) is 1. The van der Waals surface area contributed by atoms with Gasteiger partial charge in [0.05, 0.1) is 6.10 Å². The summed E-state index contributed by atoms with van der Waals surface area (Å²) in [7, 11) is 0. The Morgan fingerprint density at radius 1 is 1.44 bits per heavy atom. The molecule has 5 nitrogen and oxygen atoms in total. The fourth-order valence-electron chi connectivity index (χ4n) is 2.19. The lowest BCUT2D eigenvalue weighted by atomic mass is 10.0. The van der Waals surface area contributed by atoms with Gasteiger partial charge in [-0.25, -0.2) is 4.98 Å². The van der Waals surface area contributed by atoms with Gasteiger partial charge in [0.15, 0.2) is 0 Å². The van der Waals surface area contributed by atoms with Crippen molar-refractivity contribution in [3.8, 4) is 5.88 Å². The van der Waals surface area contributed by atoms with E-state index >= 15 is 0 Å². The van der Waals surface area contributed by atoms with Gasteiger partial charge in [0, 0.05) is 31.4 Å². The summed E-state index contributed by atoms with van der Waals surface area (Å²) >= 11 is 0. The van der Waals surface area contributed by atoms with E-state index in [2.05, 4.69) is 21.8 Å². The number of nitrogens with zero attached hydrogens (tertiary/aromatic N) is 3. The molecule has 0 bridgehead atoms. The number of aromatic nitrogens is 2. The van der Waals surface area contributed by atoms with Crippen LogP contribution in [0.1, 0.15) is 27.2 Å². The third kappa shape index (κ3) is 3.10. The van der Waals surface area contributed by atoms with E-state index in [-0.39, 0.29) is 12.1 Å². The van der Waals surface area contributed by atoms with Crippen molar-refractivity contribution in [2.45, 2.75) is 39.3 Å². The average molecular weight is 250 g/mol. The molecule has 2 atom stereocenters. The highest BCUT2D eigenvalue weighted by molar-refractivity contribution is 5.33. The maximum Gasteiger partial charge on any atom is 0.228 e. The summed E-state index contributed by atoms with van der Waals surface area (Å²) < 4.78 is 5.59. The van der Waals surface area contributed by atoms with Gasteiger partial charge < -0.3 is 15.4 Å². The van der Waals surface area contributed by atoms with Gasteiger partial charge in [-0.15, -0.1) is 0 Å². The van der Waals surface area contributed by atoms with Crippen LogP contribution in [-0.2, 0) is 0 Å². The second kappa shape index (κ2) is 5.52. The van der Waals surface area contributed by atoms with E-state index < -0.39 is 0 Å². The van der Waals surface area contributed by atoms with Gasteiger partial charge in [-0.05, 0) is 33.1 Å². The molecule has 5 heteroatoms. The molecule has 1 saturated heterocycles. The molecule has 2 rings (SSSR count). The van der Waals surface area contributed by atoms with E-state index in [9.17, 15) is 0 Å². The van der Waals surface area contributed by atoms with Gasteiger partial charge in [-0.1, -0.05) is 0 Å². The first-order valence-corrected chi connectivity index (χ1v) is 6.56. The van der Waals surface area contributed by atoms with Gasteiger partial charge in [0.25, 0.3) is 0 Å². The minimum absolute atomic E-state index is 0.128. The highest BCUT2D eigenvalue weighted by Crippen LogP contribution is 2.23. The molecule has 0 aromatic carbocycles. The van der Waals surface area contributed by atoms with E-state index in [1.807, 2.05) is 13.8 Å². The fourth-order valence-corrected chi connectivity index (χ4v) is 2.19. The zero-order chi connectivity index (χ0) is 13.1. The van der Waals surface area contributed by atoms with Gasteiger partial charge in [-0.2, -0.15) is 4.98 Å². The van der Waals surface area contributed by atoms with Gasteiger partial charge in [0.1, 0.15) is 0 Å². The van der Waals surface area contributed by atoms with Crippen LogP contribution in [0.5, 0.6) is 5.88 Å². The molecule has 1 aliphatic heterocycles. The minimum Gasteiger partial charge on any atom is -0.475 e. The molecule has 1 fully saturated rings. The van der Waals surface area contributed by atoms with E-state index in [0.29, 0.717) is 11.8 Å². The first kappa shape index (κ1) is 13.1. The normalized spacial score (nSPS) is 21.4. The molecule has 18 heavy (non-hydrogen) atoms. The lowest BCUT2D eigenvalue weighted by Crippen LogP contribution is -2.30. The summed E-state index contributed by atoms with van der Waals surface area (Å²) in [5.41, 5.74) is 5.94. The molecule has 0 aliphatic carbocycles. The summed E-state index contributed by atoms with van der Waals surface area (Å²) in [6, 6.07) is 2.02. The predicted molar refractivity (Wildman–Crippen MR) is 71.8 cm³/mol. The maximum absolute atomic E-state index is 5.94. The zero-order valence-corrected chi connectivity index (χ0v) is 11.3. The van der Waals surface area contributed by atoms with Crippen molar-refractivity contribution in [1.29, 1.82) is 0 Å². The molecular weight excluding hydrogens is 228 g/mol. The molecule has 1 aromatic rings. The van der Waals surface area contributed by atoms with Crippen LogP contribution in [0.2, 0.25) is 0 Å². The lowest BCUT2D eigenvalue weighted by molar-refractivity contribution is 0.232. The van der Waals surface area contributed by atoms with Crippen molar-refractivity contribution in [2.24, 2.45) is 11.7 Å². The summed E-state index contributed by atoms with van der Waals surface area (Å²) in [6.07, 6.45) is 2.98. The topological polar surface area (TPSA) is 64.3 Å². The van der Waals surface area contributed by atoms with Crippen molar-refractivity contribution in [3.05, 3.63) is 12.3 Å². The Morgan fingerprint density at radius 3 is 2.83 bits per heavy atom. The summed E-state index contributed by atoms with van der Waals surface area (Å²) in [6.45, 7) is 7.95. The molecule has 2 unspecified atom stereocenters. The molecule has 1 aromatic heterocycles. The number of anilines is 1.